The van der Waals surface area contributed by atoms with E-state index in [2.05, 4.69) is 6.07 Å². The topological polar surface area (TPSA) is 66.0 Å². The van der Waals surface area contributed by atoms with Crippen molar-refractivity contribution in [3.05, 3.63) is 52.8 Å². The molecule has 0 aliphatic rings. The Morgan fingerprint density at radius 1 is 1.23 bits per heavy atom. The largest absolute Gasteiger partial charge is 0.396 e. The molecule has 0 saturated heterocycles. The van der Waals surface area contributed by atoms with E-state index in [-0.39, 0.29) is 12.4 Å². The first-order chi connectivity index (χ1) is 10.6. The number of nitrogens with zero attached hydrogens (tertiary/aromatic N) is 2. The minimum absolute atomic E-state index is 0.112. The van der Waals surface area contributed by atoms with E-state index in [4.69, 9.17) is 10.4 Å². The van der Waals surface area contributed by atoms with Gasteiger partial charge >= 0.3 is 0 Å². The maximum Gasteiger partial charge on any atom is 0.164 e. The number of aliphatic hydroxyl groups excluding tert-OH is 1. The molecule has 1 heterocycles. The molecule has 0 unspecified atom stereocenters. The number of carbonyl (C=O) groups excluding carboxylic acids is 1. The van der Waals surface area contributed by atoms with E-state index in [1.54, 1.807) is 12.1 Å². The van der Waals surface area contributed by atoms with Crippen LogP contribution in [0.5, 0.6) is 0 Å². The number of benzene rings is 1. The minimum atomic E-state index is 0.112. The van der Waals surface area contributed by atoms with Gasteiger partial charge in [-0.05, 0) is 57.0 Å². The molecule has 1 N–H and O–H groups in total. The van der Waals surface area contributed by atoms with Crippen molar-refractivity contribution in [2.24, 2.45) is 0 Å². The fraction of sp³-hybridized carbons (Fsp3) is 0.333. The summed E-state index contributed by atoms with van der Waals surface area (Å²) < 4.78 is 2.03. The van der Waals surface area contributed by atoms with Gasteiger partial charge in [-0.3, -0.25) is 4.79 Å². The Balaban J connectivity index is 2.30. The van der Waals surface area contributed by atoms with Gasteiger partial charge in [-0.15, -0.1) is 0 Å². The SMILES string of the molecule is Cc1cc(C(=O)CCCCO)c(C)n1-c1ccc(C#N)cc1. The number of aromatic nitrogens is 1. The summed E-state index contributed by atoms with van der Waals surface area (Å²) in [5.74, 6) is 0.112. The maximum absolute atomic E-state index is 12.3. The number of hydrogen-bond acceptors (Lipinski definition) is 3. The lowest BCUT2D eigenvalue weighted by molar-refractivity contribution is 0.0977. The second kappa shape index (κ2) is 7.06. The van der Waals surface area contributed by atoms with Gasteiger partial charge in [0.1, 0.15) is 0 Å². The van der Waals surface area contributed by atoms with Gasteiger partial charge in [-0.1, -0.05) is 0 Å². The van der Waals surface area contributed by atoms with Crippen molar-refractivity contribution in [1.82, 2.24) is 4.57 Å². The van der Waals surface area contributed by atoms with Crippen molar-refractivity contribution in [2.75, 3.05) is 6.61 Å². The number of ketones is 1. The fourth-order valence-electron chi connectivity index (χ4n) is 2.66. The summed E-state index contributed by atoms with van der Waals surface area (Å²) in [6, 6.07) is 11.3. The fourth-order valence-corrected chi connectivity index (χ4v) is 2.66. The van der Waals surface area contributed by atoms with Crippen LogP contribution < -0.4 is 0 Å². The van der Waals surface area contributed by atoms with Crippen LogP contribution in [0.3, 0.4) is 0 Å². The van der Waals surface area contributed by atoms with Crippen LogP contribution in [0.25, 0.3) is 5.69 Å². The van der Waals surface area contributed by atoms with Gasteiger partial charge in [-0.2, -0.15) is 5.26 Å². The van der Waals surface area contributed by atoms with Gasteiger partial charge in [0.25, 0.3) is 0 Å². The summed E-state index contributed by atoms with van der Waals surface area (Å²) in [4.78, 5) is 12.3. The first kappa shape index (κ1) is 16.0. The Hall–Kier alpha value is -2.38. The first-order valence-electron chi connectivity index (χ1n) is 7.42. The van der Waals surface area contributed by atoms with Crippen LogP contribution in [0.15, 0.2) is 30.3 Å². The smallest absolute Gasteiger partial charge is 0.164 e. The van der Waals surface area contributed by atoms with E-state index in [1.165, 1.54) is 0 Å². The summed E-state index contributed by atoms with van der Waals surface area (Å²) in [5.41, 5.74) is 4.21. The monoisotopic (exact) mass is 296 g/mol. The van der Waals surface area contributed by atoms with Crippen molar-refractivity contribution >= 4 is 5.78 Å². The van der Waals surface area contributed by atoms with E-state index < -0.39 is 0 Å². The predicted molar refractivity (Wildman–Crippen MR) is 85.2 cm³/mol. The molecule has 0 bridgehead atoms. The molecule has 2 rings (SSSR count). The zero-order valence-electron chi connectivity index (χ0n) is 13.0. The van der Waals surface area contributed by atoms with Crippen molar-refractivity contribution in [2.45, 2.75) is 33.1 Å². The van der Waals surface area contributed by atoms with Gasteiger partial charge in [0.05, 0.1) is 11.6 Å². The molecule has 0 saturated carbocycles. The number of Topliss-reactive ketones (excluding diaryl/α,β-unsaturated/α-hetero) is 1. The van der Waals surface area contributed by atoms with Crippen LogP contribution in [0, 0.1) is 25.2 Å². The van der Waals surface area contributed by atoms with Gasteiger partial charge in [-0.25, -0.2) is 0 Å². The third kappa shape index (κ3) is 3.26. The number of aliphatic hydroxyl groups is 1. The van der Waals surface area contributed by atoms with Crippen LogP contribution in [0.2, 0.25) is 0 Å². The zero-order valence-corrected chi connectivity index (χ0v) is 13.0. The minimum Gasteiger partial charge on any atom is -0.396 e. The zero-order chi connectivity index (χ0) is 16.1. The standard InChI is InChI=1S/C18H20N2O2/c1-13-11-17(18(22)5-3-4-10-21)14(2)20(13)16-8-6-15(12-19)7-9-16/h6-9,11,21H,3-5,10H2,1-2H3. The molecule has 0 radical (unpaired) electrons. The van der Waals surface area contributed by atoms with Gasteiger partial charge < -0.3 is 9.67 Å². The van der Waals surface area contributed by atoms with E-state index in [9.17, 15) is 4.79 Å². The third-order valence-electron chi connectivity index (χ3n) is 3.80. The number of unbranched alkanes of at least 4 members (excludes halogenated alkanes) is 1. The second-order valence-electron chi connectivity index (χ2n) is 5.38. The molecule has 4 nitrogen and oxygen atoms in total. The van der Waals surface area contributed by atoms with Gasteiger partial charge in [0, 0.05) is 35.7 Å². The molecular formula is C18H20N2O2. The van der Waals surface area contributed by atoms with E-state index in [1.807, 2.05) is 36.6 Å². The molecule has 2 aromatic rings. The van der Waals surface area contributed by atoms with Crippen LogP contribution in [0.1, 0.15) is 46.6 Å². The normalized spacial score (nSPS) is 10.5. The van der Waals surface area contributed by atoms with Crippen LogP contribution >= 0.6 is 0 Å². The first-order valence-corrected chi connectivity index (χ1v) is 7.42. The van der Waals surface area contributed by atoms with Crippen molar-refractivity contribution in [1.29, 1.82) is 5.26 Å². The van der Waals surface area contributed by atoms with E-state index in [0.717, 1.165) is 22.6 Å². The highest BCUT2D eigenvalue weighted by Gasteiger charge is 2.16. The quantitative estimate of drug-likeness (QED) is 0.657. The van der Waals surface area contributed by atoms with Crippen LogP contribution in [-0.4, -0.2) is 22.1 Å². The molecule has 22 heavy (non-hydrogen) atoms. The second-order valence-corrected chi connectivity index (χ2v) is 5.38. The molecule has 0 spiro atoms. The highest BCUT2D eigenvalue weighted by atomic mass is 16.2. The highest BCUT2D eigenvalue weighted by molar-refractivity contribution is 5.97. The van der Waals surface area contributed by atoms with Crippen LogP contribution in [0.4, 0.5) is 0 Å². The molecule has 0 aliphatic carbocycles. The Bertz CT molecular complexity index is 706. The van der Waals surface area contributed by atoms with Crippen molar-refractivity contribution < 1.29 is 9.90 Å². The summed E-state index contributed by atoms with van der Waals surface area (Å²) in [6.45, 7) is 4.03. The summed E-state index contributed by atoms with van der Waals surface area (Å²) in [6.07, 6.45) is 1.81. The molecular weight excluding hydrogens is 276 g/mol. The number of nitriles is 1. The molecule has 0 fully saturated rings. The lowest BCUT2D eigenvalue weighted by Gasteiger charge is -2.10. The van der Waals surface area contributed by atoms with E-state index in [0.29, 0.717) is 24.8 Å². The lowest BCUT2D eigenvalue weighted by Crippen LogP contribution is -2.04. The predicted octanol–water partition coefficient (Wildman–Crippen LogP) is 3.31. The number of carbonyl (C=O) groups is 1. The molecule has 114 valence electrons. The Morgan fingerprint density at radius 3 is 2.50 bits per heavy atom. The molecule has 4 heteroatoms. The molecule has 0 atom stereocenters. The third-order valence-corrected chi connectivity index (χ3v) is 3.80. The van der Waals surface area contributed by atoms with Crippen LogP contribution in [-0.2, 0) is 0 Å². The Labute approximate surface area is 130 Å². The number of aryl methyl sites for hydroxylation is 1. The Morgan fingerprint density at radius 2 is 1.91 bits per heavy atom. The highest BCUT2D eigenvalue weighted by Crippen LogP contribution is 2.22. The maximum atomic E-state index is 12.3. The Kier molecular flexibility index (Phi) is 5.13. The summed E-state index contributed by atoms with van der Waals surface area (Å²) >= 11 is 0. The lowest BCUT2D eigenvalue weighted by atomic mass is 10.1. The molecule has 1 aromatic heterocycles. The average molecular weight is 296 g/mol. The molecule has 1 aromatic carbocycles. The van der Waals surface area contributed by atoms with Gasteiger partial charge in [0.15, 0.2) is 5.78 Å². The van der Waals surface area contributed by atoms with E-state index >= 15 is 0 Å². The van der Waals surface area contributed by atoms with Crippen molar-refractivity contribution in [3.63, 3.8) is 0 Å². The number of rotatable bonds is 6. The number of hydrogen-bond donors (Lipinski definition) is 1. The molecule has 0 amide bonds. The molecule has 0 aliphatic heterocycles. The average Bonchev–Trinajstić information content (AvgIpc) is 2.82. The van der Waals surface area contributed by atoms with Gasteiger partial charge in [0.2, 0.25) is 0 Å². The van der Waals surface area contributed by atoms with Crippen molar-refractivity contribution in [3.8, 4) is 11.8 Å². The summed E-state index contributed by atoms with van der Waals surface area (Å²) in [7, 11) is 0. The summed E-state index contributed by atoms with van der Waals surface area (Å²) in [5, 5.41) is 17.7.